The summed E-state index contributed by atoms with van der Waals surface area (Å²) in [7, 11) is 0. The van der Waals surface area contributed by atoms with E-state index < -0.39 is 0 Å². The number of rotatable bonds is 5. The zero-order valence-corrected chi connectivity index (χ0v) is 14.4. The molecule has 0 aliphatic carbocycles. The second-order valence-corrected chi connectivity index (χ2v) is 6.00. The highest BCUT2D eigenvalue weighted by Gasteiger charge is 2.03. The zero-order valence-electron chi connectivity index (χ0n) is 12.8. The Morgan fingerprint density at radius 1 is 1.05 bits per heavy atom. The summed E-state index contributed by atoms with van der Waals surface area (Å²) in [5, 5.41) is 4.16. The highest BCUT2D eigenvalue weighted by Crippen LogP contribution is 2.11. The molecule has 0 saturated carbocycles. The molecule has 0 aliphatic heterocycles. The molecular weight excluding hydrogens is 340 g/mol. The van der Waals surface area contributed by atoms with Gasteiger partial charge in [0.2, 0.25) is 5.91 Å². The van der Waals surface area contributed by atoms with Crippen molar-refractivity contribution in [3.8, 4) is 0 Å². The maximum Gasteiger partial charge on any atom is 0.244 e. The van der Waals surface area contributed by atoms with Gasteiger partial charge in [-0.15, -0.1) is 0 Å². The summed E-state index contributed by atoms with van der Waals surface area (Å²) in [6, 6.07) is 15.9. The molecule has 1 N–H and O–H groups in total. The summed E-state index contributed by atoms with van der Waals surface area (Å²) in [5.74, 6) is -0.110. The Morgan fingerprint density at radius 3 is 2.23 bits per heavy atom. The van der Waals surface area contributed by atoms with Gasteiger partial charge >= 0.3 is 0 Å². The molecule has 0 aromatic heterocycles. The number of hydrogen-bond donors (Lipinski definition) is 1. The van der Waals surface area contributed by atoms with Crippen LogP contribution < -0.4 is 5.43 Å². The Morgan fingerprint density at radius 2 is 1.64 bits per heavy atom. The Bertz CT molecular complexity index is 660. The van der Waals surface area contributed by atoms with Gasteiger partial charge in [-0.1, -0.05) is 59.3 Å². The number of aryl methyl sites for hydroxylation is 1. The molecule has 0 fully saturated rings. The molecule has 0 atom stereocenters. The van der Waals surface area contributed by atoms with Crippen molar-refractivity contribution in [2.24, 2.45) is 5.10 Å². The van der Waals surface area contributed by atoms with E-state index in [1.54, 1.807) is 0 Å². The van der Waals surface area contributed by atoms with Gasteiger partial charge in [0.15, 0.2) is 0 Å². The number of nitrogens with one attached hydrogen (secondary N) is 1. The number of halogens is 1. The van der Waals surface area contributed by atoms with Crippen LogP contribution in [0.4, 0.5) is 0 Å². The van der Waals surface area contributed by atoms with Gasteiger partial charge in [-0.2, -0.15) is 5.10 Å². The van der Waals surface area contributed by atoms with Gasteiger partial charge in [-0.3, -0.25) is 4.79 Å². The molecule has 0 aliphatic rings. The first-order valence-electron chi connectivity index (χ1n) is 7.25. The maximum absolute atomic E-state index is 11.9. The van der Waals surface area contributed by atoms with Crippen LogP contribution in [0.25, 0.3) is 0 Å². The van der Waals surface area contributed by atoms with E-state index in [2.05, 4.69) is 45.5 Å². The van der Waals surface area contributed by atoms with Gasteiger partial charge in [0.1, 0.15) is 0 Å². The largest absolute Gasteiger partial charge is 0.273 e. The van der Waals surface area contributed by atoms with Crippen LogP contribution in [-0.2, 0) is 17.6 Å². The normalized spacial score (nSPS) is 11.3. The van der Waals surface area contributed by atoms with Gasteiger partial charge in [-0.25, -0.2) is 5.43 Å². The Balaban J connectivity index is 1.93. The lowest BCUT2D eigenvalue weighted by Gasteiger charge is -2.04. The fourth-order valence-corrected chi connectivity index (χ4v) is 2.28. The maximum atomic E-state index is 11.9. The van der Waals surface area contributed by atoms with Gasteiger partial charge in [0.05, 0.1) is 12.1 Å². The summed E-state index contributed by atoms with van der Waals surface area (Å²) in [6.45, 7) is 3.99. The molecular formula is C18H19BrN2O. The van der Waals surface area contributed by atoms with E-state index in [0.717, 1.165) is 27.7 Å². The minimum atomic E-state index is -0.110. The number of benzene rings is 2. The SMILES string of the molecule is CCc1ccc(CC(=O)N/N=C(/C)c2ccc(Br)cc2)cc1. The van der Waals surface area contributed by atoms with E-state index in [9.17, 15) is 4.79 Å². The predicted molar refractivity (Wildman–Crippen MR) is 94.0 cm³/mol. The molecule has 2 aromatic rings. The molecule has 0 unspecified atom stereocenters. The van der Waals surface area contributed by atoms with E-state index in [1.165, 1.54) is 5.56 Å². The molecule has 0 heterocycles. The van der Waals surface area contributed by atoms with Crippen LogP contribution in [0.2, 0.25) is 0 Å². The molecule has 1 amide bonds. The van der Waals surface area contributed by atoms with Crippen molar-refractivity contribution < 1.29 is 4.79 Å². The Kier molecular flexibility index (Phi) is 5.90. The summed E-state index contributed by atoms with van der Waals surface area (Å²) in [4.78, 5) is 11.9. The van der Waals surface area contributed by atoms with Crippen LogP contribution in [0.5, 0.6) is 0 Å². The molecule has 2 rings (SSSR count). The molecule has 114 valence electrons. The van der Waals surface area contributed by atoms with Crippen molar-refractivity contribution in [2.45, 2.75) is 26.7 Å². The lowest BCUT2D eigenvalue weighted by molar-refractivity contribution is -0.120. The van der Waals surface area contributed by atoms with Gasteiger partial charge in [0, 0.05) is 4.47 Å². The molecule has 0 bridgehead atoms. The first-order chi connectivity index (χ1) is 10.6. The van der Waals surface area contributed by atoms with Crippen LogP contribution in [0.1, 0.15) is 30.5 Å². The van der Waals surface area contributed by atoms with Gasteiger partial charge < -0.3 is 0 Å². The number of amides is 1. The van der Waals surface area contributed by atoms with E-state index in [0.29, 0.717) is 6.42 Å². The Labute approximate surface area is 139 Å². The van der Waals surface area contributed by atoms with Crippen molar-refractivity contribution in [3.63, 3.8) is 0 Å². The smallest absolute Gasteiger partial charge is 0.244 e. The molecule has 0 radical (unpaired) electrons. The van der Waals surface area contributed by atoms with Crippen LogP contribution in [0, 0.1) is 0 Å². The van der Waals surface area contributed by atoms with Crippen LogP contribution in [0.15, 0.2) is 58.1 Å². The third-order valence-electron chi connectivity index (χ3n) is 3.41. The fraction of sp³-hybridized carbons (Fsp3) is 0.222. The standard InChI is InChI=1S/C18H19BrN2O/c1-3-14-4-6-15(7-5-14)12-18(22)21-20-13(2)16-8-10-17(19)11-9-16/h4-11H,3,12H2,1-2H3,(H,21,22)/b20-13-. The highest BCUT2D eigenvalue weighted by molar-refractivity contribution is 9.10. The van der Waals surface area contributed by atoms with Crippen LogP contribution in [0.3, 0.4) is 0 Å². The second kappa shape index (κ2) is 7.90. The van der Waals surface area contributed by atoms with Crippen molar-refractivity contribution in [2.75, 3.05) is 0 Å². The third kappa shape index (κ3) is 4.81. The molecule has 4 heteroatoms. The third-order valence-corrected chi connectivity index (χ3v) is 3.93. The average Bonchev–Trinajstić information content (AvgIpc) is 2.54. The minimum absolute atomic E-state index is 0.110. The molecule has 3 nitrogen and oxygen atoms in total. The monoisotopic (exact) mass is 358 g/mol. The summed E-state index contributed by atoms with van der Waals surface area (Å²) in [6.07, 6.45) is 1.34. The van der Waals surface area contributed by atoms with Crippen molar-refractivity contribution in [1.29, 1.82) is 0 Å². The quantitative estimate of drug-likeness (QED) is 0.634. The first-order valence-corrected chi connectivity index (χ1v) is 8.04. The summed E-state index contributed by atoms with van der Waals surface area (Å²) >= 11 is 3.39. The highest BCUT2D eigenvalue weighted by atomic mass is 79.9. The van der Waals surface area contributed by atoms with Crippen molar-refractivity contribution in [1.82, 2.24) is 5.43 Å². The van der Waals surface area contributed by atoms with E-state index >= 15 is 0 Å². The first kappa shape index (κ1) is 16.4. The van der Waals surface area contributed by atoms with Gasteiger partial charge in [-0.05, 0) is 42.2 Å². The van der Waals surface area contributed by atoms with E-state index in [-0.39, 0.29) is 5.91 Å². The minimum Gasteiger partial charge on any atom is -0.273 e. The van der Waals surface area contributed by atoms with E-state index in [4.69, 9.17) is 0 Å². The topological polar surface area (TPSA) is 41.5 Å². The Hall–Kier alpha value is -1.94. The fourth-order valence-electron chi connectivity index (χ4n) is 2.02. The molecule has 2 aromatic carbocycles. The average molecular weight is 359 g/mol. The lowest BCUT2D eigenvalue weighted by Crippen LogP contribution is -2.21. The molecule has 22 heavy (non-hydrogen) atoms. The molecule has 0 spiro atoms. The predicted octanol–water partition coefficient (Wildman–Crippen LogP) is 4.09. The van der Waals surface area contributed by atoms with Crippen LogP contribution in [-0.4, -0.2) is 11.6 Å². The number of hydrazone groups is 1. The van der Waals surface area contributed by atoms with Crippen LogP contribution >= 0.6 is 15.9 Å². The number of nitrogens with zero attached hydrogens (tertiary/aromatic N) is 1. The number of carbonyl (C=O) groups excluding carboxylic acids is 1. The van der Waals surface area contributed by atoms with E-state index in [1.807, 2.05) is 43.3 Å². The van der Waals surface area contributed by atoms with Gasteiger partial charge in [0.25, 0.3) is 0 Å². The molecule has 0 saturated heterocycles. The summed E-state index contributed by atoms with van der Waals surface area (Å²) < 4.78 is 1.02. The van der Waals surface area contributed by atoms with Crippen molar-refractivity contribution in [3.05, 3.63) is 69.7 Å². The number of hydrogen-bond acceptors (Lipinski definition) is 2. The number of carbonyl (C=O) groups is 1. The van der Waals surface area contributed by atoms with Crippen molar-refractivity contribution >= 4 is 27.5 Å². The lowest BCUT2D eigenvalue weighted by atomic mass is 10.1. The summed E-state index contributed by atoms with van der Waals surface area (Å²) in [5.41, 5.74) is 6.64. The second-order valence-electron chi connectivity index (χ2n) is 5.09. The zero-order chi connectivity index (χ0) is 15.9.